The number of thiophene rings is 1. The molecule has 0 unspecified atom stereocenters. The summed E-state index contributed by atoms with van der Waals surface area (Å²) in [6.07, 6.45) is 2.83. The maximum atomic E-state index is 10.7. The Balaban J connectivity index is 2.27. The molecule has 2 rings (SSSR count). The fraction of sp³-hybridized carbons (Fsp3) is 0.188. The molecule has 1 aromatic heterocycles. The lowest BCUT2D eigenvalue weighted by Crippen LogP contribution is -2.22. The van der Waals surface area contributed by atoms with E-state index in [1.807, 2.05) is 30.3 Å². The molecule has 1 N–H and O–H groups in total. The van der Waals surface area contributed by atoms with Gasteiger partial charge in [-0.2, -0.15) is 0 Å². The first-order valence-electron chi connectivity index (χ1n) is 6.48. The topological polar surface area (TPSA) is 40.5 Å². The molecule has 20 heavy (non-hydrogen) atoms. The van der Waals surface area contributed by atoms with E-state index in [1.54, 1.807) is 17.4 Å². The van der Waals surface area contributed by atoms with Crippen molar-refractivity contribution in [1.29, 1.82) is 0 Å². The fourth-order valence-electron chi connectivity index (χ4n) is 2.04. The molecule has 4 heteroatoms. The van der Waals surface area contributed by atoms with Crippen LogP contribution in [0, 0.1) is 0 Å². The van der Waals surface area contributed by atoms with E-state index in [0.717, 1.165) is 24.3 Å². The van der Waals surface area contributed by atoms with Crippen LogP contribution in [0.5, 0.6) is 0 Å². The van der Waals surface area contributed by atoms with E-state index in [9.17, 15) is 4.79 Å². The number of hydrogen-bond acceptors (Lipinski definition) is 3. The van der Waals surface area contributed by atoms with E-state index in [-0.39, 0.29) is 0 Å². The molecule has 2 aromatic rings. The van der Waals surface area contributed by atoms with Crippen molar-refractivity contribution in [3.63, 3.8) is 0 Å². The first kappa shape index (κ1) is 14.3. The van der Waals surface area contributed by atoms with Gasteiger partial charge in [0.1, 0.15) is 0 Å². The van der Waals surface area contributed by atoms with Crippen LogP contribution in [0.1, 0.15) is 17.4 Å². The number of carboxylic acids is 1. The van der Waals surface area contributed by atoms with Crippen LogP contribution in [0.3, 0.4) is 0 Å². The molecule has 0 saturated heterocycles. The second kappa shape index (κ2) is 6.91. The molecule has 3 nitrogen and oxygen atoms in total. The third kappa shape index (κ3) is 3.71. The maximum absolute atomic E-state index is 10.7. The number of benzene rings is 1. The average molecular weight is 287 g/mol. The SMILES string of the molecule is CCN(Cc1cccs1)c1ccccc1C=CC(=O)O. The van der Waals surface area contributed by atoms with Crippen LogP contribution in [-0.2, 0) is 11.3 Å². The monoisotopic (exact) mass is 287 g/mol. The third-order valence-corrected chi connectivity index (χ3v) is 3.85. The van der Waals surface area contributed by atoms with Gasteiger partial charge in [0, 0.05) is 23.2 Å². The Labute approximate surface area is 122 Å². The average Bonchev–Trinajstić information content (AvgIpc) is 2.96. The molecule has 0 aliphatic rings. The number of para-hydroxylation sites is 1. The molecular formula is C16H17NO2S. The highest BCUT2D eigenvalue weighted by Crippen LogP contribution is 2.24. The predicted octanol–water partition coefficient (Wildman–Crippen LogP) is 3.87. The van der Waals surface area contributed by atoms with Crippen molar-refractivity contribution in [2.45, 2.75) is 13.5 Å². The lowest BCUT2D eigenvalue weighted by Gasteiger charge is -2.24. The maximum Gasteiger partial charge on any atom is 0.328 e. The third-order valence-electron chi connectivity index (χ3n) is 2.99. The molecule has 0 atom stereocenters. The van der Waals surface area contributed by atoms with Gasteiger partial charge in [-0.25, -0.2) is 4.79 Å². The Morgan fingerprint density at radius 1 is 1.30 bits per heavy atom. The summed E-state index contributed by atoms with van der Waals surface area (Å²) >= 11 is 1.73. The molecule has 1 aromatic carbocycles. The van der Waals surface area contributed by atoms with Gasteiger partial charge in [0.2, 0.25) is 0 Å². The largest absolute Gasteiger partial charge is 0.478 e. The molecule has 0 fully saturated rings. The van der Waals surface area contributed by atoms with Crippen molar-refractivity contribution < 1.29 is 9.90 Å². The Hall–Kier alpha value is -2.07. The van der Waals surface area contributed by atoms with Crippen LogP contribution in [0.4, 0.5) is 5.69 Å². The quantitative estimate of drug-likeness (QED) is 0.820. The molecule has 0 amide bonds. The normalized spacial score (nSPS) is 10.8. The second-order valence-electron chi connectivity index (χ2n) is 4.32. The van der Waals surface area contributed by atoms with Gasteiger partial charge in [-0.05, 0) is 36.1 Å². The molecular weight excluding hydrogens is 270 g/mol. The van der Waals surface area contributed by atoms with Crippen LogP contribution >= 0.6 is 11.3 Å². The molecule has 0 aliphatic carbocycles. The lowest BCUT2D eigenvalue weighted by atomic mass is 10.1. The highest BCUT2D eigenvalue weighted by molar-refractivity contribution is 7.09. The first-order valence-corrected chi connectivity index (χ1v) is 7.36. The summed E-state index contributed by atoms with van der Waals surface area (Å²) in [5.74, 6) is -0.930. The summed E-state index contributed by atoms with van der Waals surface area (Å²) in [5.41, 5.74) is 1.98. The number of hydrogen-bond donors (Lipinski definition) is 1. The fourth-order valence-corrected chi connectivity index (χ4v) is 2.75. The summed E-state index contributed by atoms with van der Waals surface area (Å²) in [5, 5.41) is 10.8. The molecule has 0 radical (unpaired) electrons. The van der Waals surface area contributed by atoms with Crippen molar-refractivity contribution in [2.75, 3.05) is 11.4 Å². The number of carboxylic acid groups (broad SMARTS) is 1. The van der Waals surface area contributed by atoms with Crippen LogP contribution in [0.15, 0.2) is 47.9 Å². The van der Waals surface area contributed by atoms with E-state index < -0.39 is 5.97 Å². The van der Waals surface area contributed by atoms with Crippen molar-refractivity contribution >= 4 is 29.1 Å². The Morgan fingerprint density at radius 2 is 2.10 bits per heavy atom. The van der Waals surface area contributed by atoms with E-state index in [4.69, 9.17) is 5.11 Å². The van der Waals surface area contributed by atoms with E-state index in [1.165, 1.54) is 11.0 Å². The van der Waals surface area contributed by atoms with Crippen LogP contribution in [0.25, 0.3) is 6.08 Å². The molecule has 104 valence electrons. The minimum atomic E-state index is -0.930. The van der Waals surface area contributed by atoms with Gasteiger partial charge in [-0.1, -0.05) is 24.3 Å². The Morgan fingerprint density at radius 3 is 2.75 bits per heavy atom. The summed E-state index contributed by atoms with van der Waals surface area (Å²) in [6.45, 7) is 3.81. The van der Waals surface area contributed by atoms with Crippen molar-refractivity contribution in [3.05, 3.63) is 58.3 Å². The van der Waals surface area contributed by atoms with Crippen LogP contribution < -0.4 is 4.90 Å². The van der Waals surface area contributed by atoms with Gasteiger partial charge in [0.25, 0.3) is 0 Å². The molecule has 0 aliphatic heterocycles. The van der Waals surface area contributed by atoms with E-state index >= 15 is 0 Å². The van der Waals surface area contributed by atoms with Crippen molar-refractivity contribution in [1.82, 2.24) is 0 Å². The number of carbonyl (C=O) groups is 1. The minimum absolute atomic E-state index is 0.839. The molecule has 1 heterocycles. The molecule has 0 saturated carbocycles. The lowest BCUT2D eigenvalue weighted by molar-refractivity contribution is -0.131. The standard InChI is InChI=1S/C16H17NO2S/c1-2-17(12-14-7-5-11-20-14)15-8-4-3-6-13(15)9-10-16(18)19/h3-11H,2,12H2,1H3,(H,18,19). The Kier molecular flexibility index (Phi) is 4.96. The summed E-state index contributed by atoms with van der Waals surface area (Å²) in [7, 11) is 0. The minimum Gasteiger partial charge on any atom is -0.478 e. The van der Waals surface area contributed by atoms with Crippen molar-refractivity contribution in [2.24, 2.45) is 0 Å². The smallest absolute Gasteiger partial charge is 0.328 e. The zero-order valence-electron chi connectivity index (χ0n) is 11.3. The Bertz CT molecular complexity index is 590. The first-order chi connectivity index (χ1) is 9.70. The number of aliphatic carboxylic acids is 1. The zero-order chi connectivity index (χ0) is 14.4. The molecule has 0 spiro atoms. The number of anilines is 1. The number of rotatable bonds is 6. The summed E-state index contributed by atoms with van der Waals surface area (Å²) in [6, 6.07) is 12.0. The van der Waals surface area contributed by atoms with E-state index in [0.29, 0.717) is 0 Å². The predicted molar refractivity (Wildman–Crippen MR) is 84.2 cm³/mol. The summed E-state index contributed by atoms with van der Waals surface area (Å²) in [4.78, 5) is 14.2. The van der Waals surface area contributed by atoms with Crippen molar-refractivity contribution in [3.8, 4) is 0 Å². The van der Waals surface area contributed by atoms with Gasteiger partial charge in [0.05, 0.1) is 6.54 Å². The summed E-state index contributed by atoms with van der Waals surface area (Å²) < 4.78 is 0. The second-order valence-corrected chi connectivity index (χ2v) is 5.36. The van der Waals surface area contributed by atoms with E-state index in [2.05, 4.69) is 23.3 Å². The van der Waals surface area contributed by atoms with Gasteiger partial charge in [0.15, 0.2) is 0 Å². The highest BCUT2D eigenvalue weighted by atomic mass is 32.1. The van der Waals surface area contributed by atoms with Gasteiger partial charge in [-0.3, -0.25) is 0 Å². The van der Waals surface area contributed by atoms with Gasteiger partial charge < -0.3 is 10.0 Å². The highest BCUT2D eigenvalue weighted by Gasteiger charge is 2.09. The van der Waals surface area contributed by atoms with Gasteiger partial charge in [-0.15, -0.1) is 11.3 Å². The molecule has 0 bridgehead atoms. The number of nitrogens with zero attached hydrogens (tertiary/aromatic N) is 1. The van der Waals surface area contributed by atoms with Crippen LogP contribution in [-0.4, -0.2) is 17.6 Å². The van der Waals surface area contributed by atoms with Crippen LogP contribution in [0.2, 0.25) is 0 Å². The zero-order valence-corrected chi connectivity index (χ0v) is 12.1. The van der Waals surface area contributed by atoms with Gasteiger partial charge >= 0.3 is 5.97 Å².